The van der Waals surface area contributed by atoms with E-state index in [9.17, 15) is 4.79 Å². The number of aromatic nitrogens is 1. The van der Waals surface area contributed by atoms with E-state index in [0.29, 0.717) is 18.5 Å². The molecule has 1 amide bonds. The Labute approximate surface area is 250 Å². The Bertz CT molecular complexity index is 1460. The first-order chi connectivity index (χ1) is 20.7. The largest absolute Gasteiger partial charge is 0.349 e. The molecule has 1 aliphatic carbocycles. The maximum atomic E-state index is 14.2. The predicted octanol–water partition coefficient (Wildman–Crippen LogP) is 7.35. The lowest BCUT2D eigenvalue weighted by atomic mass is 9.84. The number of hydrogen-bond acceptors (Lipinski definition) is 4. The van der Waals surface area contributed by atoms with Gasteiger partial charge in [-0.05, 0) is 63.2 Å². The molecule has 1 aromatic heterocycles. The second-order valence-electron chi connectivity index (χ2n) is 12.3. The molecule has 1 saturated carbocycles. The van der Waals surface area contributed by atoms with Crippen LogP contribution in [0.25, 0.3) is 22.2 Å². The minimum atomic E-state index is 0.0262. The fourth-order valence-corrected chi connectivity index (χ4v) is 6.93. The van der Waals surface area contributed by atoms with Crippen molar-refractivity contribution in [3.05, 3.63) is 102 Å². The first-order valence-corrected chi connectivity index (χ1v) is 15.9. The molecule has 2 fully saturated rings. The summed E-state index contributed by atoms with van der Waals surface area (Å²) < 4.78 is 0. The summed E-state index contributed by atoms with van der Waals surface area (Å²) in [5.41, 5.74) is 5.96. The van der Waals surface area contributed by atoms with E-state index < -0.39 is 0 Å². The van der Waals surface area contributed by atoms with Gasteiger partial charge in [-0.2, -0.15) is 0 Å². The lowest BCUT2D eigenvalue weighted by Crippen LogP contribution is -2.42. The maximum absolute atomic E-state index is 14.2. The Morgan fingerprint density at radius 2 is 1.52 bits per heavy atom. The highest BCUT2D eigenvalue weighted by atomic mass is 16.1. The van der Waals surface area contributed by atoms with Crippen LogP contribution in [0.4, 0.5) is 0 Å². The van der Waals surface area contributed by atoms with Gasteiger partial charge in [0.05, 0.1) is 16.8 Å². The molecule has 0 spiro atoms. The van der Waals surface area contributed by atoms with Crippen LogP contribution in [-0.4, -0.2) is 41.0 Å². The van der Waals surface area contributed by atoms with Crippen LogP contribution < -0.4 is 10.6 Å². The third-order valence-corrected chi connectivity index (χ3v) is 9.39. The fourth-order valence-electron chi connectivity index (χ4n) is 6.93. The van der Waals surface area contributed by atoms with Gasteiger partial charge in [-0.1, -0.05) is 98.1 Å². The zero-order valence-electron chi connectivity index (χ0n) is 24.9. The van der Waals surface area contributed by atoms with Crippen LogP contribution in [0.2, 0.25) is 0 Å². The molecule has 42 heavy (non-hydrogen) atoms. The number of hydrogen-bond donors (Lipinski definition) is 2. The monoisotopic (exact) mass is 560 g/mol. The number of benzene rings is 3. The van der Waals surface area contributed by atoms with Crippen molar-refractivity contribution in [2.24, 2.45) is 5.92 Å². The number of amides is 1. The summed E-state index contributed by atoms with van der Waals surface area (Å²) in [4.78, 5) is 21.9. The number of nitrogens with one attached hydrogen (secondary N) is 2. The minimum Gasteiger partial charge on any atom is -0.349 e. The molecule has 1 atom stereocenters. The van der Waals surface area contributed by atoms with Gasteiger partial charge in [-0.15, -0.1) is 0 Å². The van der Waals surface area contributed by atoms with Crippen molar-refractivity contribution in [3.63, 3.8) is 0 Å². The summed E-state index contributed by atoms with van der Waals surface area (Å²) in [6.45, 7) is 5.95. The number of para-hydroxylation sites is 1. The summed E-state index contributed by atoms with van der Waals surface area (Å²) in [5, 5.41) is 8.24. The van der Waals surface area contributed by atoms with Crippen molar-refractivity contribution < 1.29 is 4.79 Å². The average Bonchev–Trinajstić information content (AvgIpc) is 3.05. The quantitative estimate of drug-likeness (QED) is 0.225. The standard InChI is InChI=1S/C37H44N4O/c1-27(29-15-7-3-8-16-29)39-37(42)35-32-19-11-12-20-34(32)40-36(30-17-9-4-10-18-30)33(35)25-38-31-21-23-41(24-22-31)26-28-13-5-2-6-14-28/h2,4-6,9-14,17-20,27,29,31,38H,3,7-8,15-16,21-26H2,1H3,(H,39,42)/t27-/m0/s1. The topological polar surface area (TPSA) is 57.3 Å². The molecule has 2 heterocycles. The molecule has 1 aliphatic heterocycles. The molecule has 6 rings (SSSR count). The third kappa shape index (κ3) is 6.74. The van der Waals surface area contributed by atoms with E-state index >= 15 is 0 Å². The molecule has 3 aromatic carbocycles. The van der Waals surface area contributed by atoms with Gasteiger partial charge in [0.25, 0.3) is 5.91 Å². The number of nitrogens with zero attached hydrogens (tertiary/aromatic N) is 2. The summed E-state index contributed by atoms with van der Waals surface area (Å²) in [7, 11) is 0. The van der Waals surface area contributed by atoms with E-state index in [4.69, 9.17) is 4.98 Å². The highest BCUT2D eigenvalue weighted by molar-refractivity contribution is 6.09. The van der Waals surface area contributed by atoms with Crippen molar-refractivity contribution in [2.45, 2.75) is 77.0 Å². The van der Waals surface area contributed by atoms with Gasteiger partial charge in [-0.3, -0.25) is 9.69 Å². The Hall–Kier alpha value is -3.54. The highest BCUT2D eigenvalue weighted by Crippen LogP contribution is 2.32. The molecule has 2 N–H and O–H groups in total. The second kappa shape index (κ2) is 13.6. The summed E-state index contributed by atoms with van der Waals surface area (Å²) in [6, 6.07) is 29.8. The highest BCUT2D eigenvalue weighted by Gasteiger charge is 2.27. The molecular formula is C37H44N4O. The van der Waals surface area contributed by atoms with Crippen molar-refractivity contribution in [1.29, 1.82) is 0 Å². The summed E-state index contributed by atoms with van der Waals surface area (Å²) >= 11 is 0. The Balaban J connectivity index is 1.26. The van der Waals surface area contributed by atoms with Gasteiger partial charge < -0.3 is 10.6 Å². The van der Waals surface area contributed by atoms with Crippen LogP contribution in [0.5, 0.6) is 0 Å². The van der Waals surface area contributed by atoms with Crippen LogP contribution in [0, 0.1) is 5.92 Å². The molecule has 1 saturated heterocycles. The maximum Gasteiger partial charge on any atom is 0.252 e. The van der Waals surface area contributed by atoms with E-state index in [0.717, 1.165) is 65.8 Å². The van der Waals surface area contributed by atoms with E-state index in [1.807, 2.05) is 24.3 Å². The zero-order chi connectivity index (χ0) is 28.7. The number of carbonyl (C=O) groups is 1. The molecular weight excluding hydrogens is 516 g/mol. The van der Waals surface area contributed by atoms with Crippen molar-refractivity contribution >= 4 is 16.8 Å². The molecule has 218 valence electrons. The van der Waals surface area contributed by atoms with Gasteiger partial charge in [0.1, 0.15) is 0 Å². The van der Waals surface area contributed by atoms with Crippen LogP contribution in [0.15, 0.2) is 84.9 Å². The van der Waals surface area contributed by atoms with Gasteiger partial charge in [-0.25, -0.2) is 4.98 Å². The number of pyridine rings is 1. The SMILES string of the molecule is C[C@H](NC(=O)c1c(CNC2CCN(Cc3ccccc3)CC2)c(-c2ccccc2)nc2ccccc12)C1CCCCC1. The number of carbonyl (C=O) groups excluding carboxylic acids is 1. The van der Waals surface area contributed by atoms with Crippen LogP contribution in [0.3, 0.4) is 0 Å². The number of likely N-dealkylation sites (tertiary alicyclic amines) is 1. The number of fused-ring (bicyclic) bond motifs is 1. The van der Waals surface area contributed by atoms with Gasteiger partial charge in [0.15, 0.2) is 0 Å². The van der Waals surface area contributed by atoms with E-state index in [1.165, 1.54) is 37.7 Å². The zero-order valence-corrected chi connectivity index (χ0v) is 24.9. The Kier molecular flexibility index (Phi) is 9.27. The first-order valence-electron chi connectivity index (χ1n) is 15.9. The molecule has 5 nitrogen and oxygen atoms in total. The summed E-state index contributed by atoms with van der Waals surface area (Å²) in [5.74, 6) is 0.574. The lowest BCUT2D eigenvalue weighted by molar-refractivity contribution is 0.0919. The average molecular weight is 561 g/mol. The first kappa shape index (κ1) is 28.6. The van der Waals surface area contributed by atoms with Crippen LogP contribution >= 0.6 is 0 Å². The molecule has 5 heteroatoms. The third-order valence-electron chi connectivity index (χ3n) is 9.39. The molecule has 0 unspecified atom stereocenters. The second-order valence-corrected chi connectivity index (χ2v) is 12.3. The van der Waals surface area contributed by atoms with Crippen molar-refractivity contribution in [3.8, 4) is 11.3 Å². The predicted molar refractivity (Wildman–Crippen MR) is 172 cm³/mol. The smallest absolute Gasteiger partial charge is 0.252 e. The van der Waals surface area contributed by atoms with Gasteiger partial charge in [0.2, 0.25) is 0 Å². The Morgan fingerprint density at radius 1 is 0.857 bits per heavy atom. The van der Waals surface area contributed by atoms with Gasteiger partial charge >= 0.3 is 0 Å². The summed E-state index contributed by atoms with van der Waals surface area (Å²) in [6.07, 6.45) is 8.43. The number of piperidine rings is 1. The molecule has 2 aliphatic rings. The van der Waals surface area contributed by atoms with Crippen molar-refractivity contribution in [1.82, 2.24) is 20.5 Å². The molecule has 0 radical (unpaired) electrons. The normalized spacial score (nSPS) is 17.7. The van der Waals surface area contributed by atoms with E-state index in [2.05, 4.69) is 83.1 Å². The van der Waals surface area contributed by atoms with Crippen molar-refractivity contribution in [2.75, 3.05) is 13.1 Å². The van der Waals surface area contributed by atoms with E-state index in [-0.39, 0.29) is 11.9 Å². The molecule has 4 aromatic rings. The number of rotatable bonds is 9. The fraction of sp³-hybridized carbons (Fsp3) is 0.405. The minimum absolute atomic E-state index is 0.0262. The van der Waals surface area contributed by atoms with Crippen LogP contribution in [-0.2, 0) is 13.1 Å². The van der Waals surface area contributed by atoms with E-state index in [1.54, 1.807) is 0 Å². The Morgan fingerprint density at radius 3 is 2.26 bits per heavy atom. The van der Waals surface area contributed by atoms with Gasteiger partial charge in [0, 0.05) is 41.7 Å². The van der Waals surface area contributed by atoms with Crippen LogP contribution in [0.1, 0.15) is 73.4 Å². The molecule has 0 bridgehead atoms. The lowest BCUT2D eigenvalue weighted by Gasteiger charge is -2.33.